The SMILES string of the molecule is Fc1cccc2c1nc(CCCl)n2C1CCN(Cc2ccccc2)CC1. The Balaban J connectivity index is 1.54. The van der Waals surface area contributed by atoms with Gasteiger partial charge in [-0.2, -0.15) is 0 Å². The third kappa shape index (κ3) is 3.49. The van der Waals surface area contributed by atoms with Gasteiger partial charge in [-0.25, -0.2) is 9.37 Å². The van der Waals surface area contributed by atoms with Gasteiger partial charge in [-0.05, 0) is 30.5 Å². The number of rotatable bonds is 5. The predicted octanol–water partition coefficient (Wildman–Crippen LogP) is 4.79. The summed E-state index contributed by atoms with van der Waals surface area (Å²) in [4.78, 5) is 7.05. The molecule has 1 aromatic heterocycles. The molecule has 1 saturated heterocycles. The molecule has 0 saturated carbocycles. The van der Waals surface area contributed by atoms with Crippen molar-refractivity contribution < 1.29 is 4.39 Å². The van der Waals surface area contributed by atoms with Crippen LogP contribution in [-0.2, 0) is 13.0 Å². The van der Waals surface area contributed by atoms with Gasteiger partial charge in [0.1, 0.15) is 11.3 Å². The average molecular weight is 372 g/mol. The van der Waals surface area contributed by atoms with Gasteiger partial charge in [0, 0.05) is 38.0 Å². The third-order valence-corrected chi connectivity index (χ3v) is 5.42. The van der Waals surface area contributed by atoms with Crippen LogP contribution in [0.1, 0.15) is 30.3 Å². The zero-order chi connectivity index (χ0) is 17.9. The molecule has 2 aromatic carbocycles. The maximum atomic E-state index is 14.2. The second-order valence-electron chi connectivity index (χ2n) is 6.94. The molecule has 0 atom stereocenters. The fourth-order valence-electron chi connectivity index (χ4n) is 3.98. The quantitative estimate of drug-likeness (QED) is 0.601. The number of aryl methyl sites for hydroxylation is 1. The molecule has 5 heteroatoms. The van der Waals surface area contributed by atoms with E-state index < -0.39 is 0 Å². The minimum atomic E-state index is -0.251. The van der Waals surface area contributed by atoms with Crippen LogP contribution in [0.25, 0.3) is 11.0 Å². The first-order chi connectivity index (χ1) is 12.8. The number of hydrogen-bond donors (Lipinski definition) is 0. The van der Waals surface area contributed by atoms with E-state index in [0.29, 0.717) is 23.9 Å². The van der Waals surface area contributed by atoms with Gasteiger partial charge in [-0.3, -0.25) is 4.90 Å². The molecular weight excluding hydrogens is 349 g/mol. The van der Waals surface area contributed by atoms with Gasteiger partial charge in [0.15, 0.2) is 5.82 Å². The Labute approximate surface area is 158 Å². The normalized spacial score (nSPS) is 16.4. The highest BCUT2D eigenvalue weighted by Crippen LogP contribution is 2.30. The van der Waals surface area contributed by atoms with E-state index in [1.54, 1.807) is 6.07 Å². The largest absolute Gasteiger partial charge is 0.325 e. The van der Waals surface area contributed by atoms with Crippen molar-refractivity contribution in [2.24, 2.45) is 0 Å². The van der Waals surface area contributed by atoms with Crippen LogP contribution < -0.4 is 0 Å². The number of para-hydroxylation sites is 1. The third-order valence-electron chi connectivity index (χ3n) is 5.23. The topological polar surface area (TPSA) is 21.1 Å². The van der Waals surface area contributed by atoms with E-state index in [0.717, 1.165) is 43.8 Å². The lowest BCUT2D eigenvalue weighted by molar-refractivity contribution is 0.180. The molecule has 1 aliphatic heterocycles. The monoisotopic (exact) mass is 371 g/mol. The van der Waals surface area contributed by atoms with Gasteiger partial charge >= 0.3 is 0 Å². The van der Waals surface area contributed by atoms with Crippen molar-refractivity contribution >= 4 is 22.6 Å². The zero-order valence-electron chi connectivity index (χ0n) is 14.7. The Morgan fingerprint density at radius 3 is 2.54 bits per heavy atom. The lowest BCUT2D eigenvalue weighted by Gasteiger charge is -2.33. The first-order valence-corrected chi connectivity index (χ1v) is 9.77. The van der Waals surface area contributed by atoms with Crippen molar-refractivity contribution in [1.29, 1.82) is 0 Å². The van der Waals surface area contributed by atoms with E-state index >= 15 is 0 Å². The van der Waals surface area contributed by atoms with Crippen LogP contribution in [0.15, 0.2) is 48.5 Å². The number of benzene rings is 2. The van der Waals surface area contributed by atoms with Crippen LogP contribution in [0.3, 0.4) is 0 Å². The van der Waals surface area contributed by atoms with Crippen molar-refractivity contribution in [3.63, 3.8) is 0 Å². The van der Waals surface area contributed by atoms with Gasteiger partial charge in [-0.1, -0.05) is 36.4 Å². The summed E-state index contributed by atoms with van der Waals surface area (Å²) in [6, 6.07) is 16.2. The number of fused-ring (bicyclic) bond motifs is 1. The Morgan fingerprint density at radius 2 is 1.81 bits per heavy atom. The smallest absolute Gasteiger partial charge is 0.151 e. The summed E-state index contributed by atoms with van der Waals surface area (Å²) in [7, 11) is 0. The van der Waals surface area contributed by atoms with Gasteiger partial charge in [0.25, 0.3) is 0 Å². The molecule has 0 N–H and O–H groups in total. The number of nitrogens with zero attached hydrogens (tertiary/aromatic N) is 3. The summed E-state index contributed by atoms with van der Waals surface area (Å²) in [6.07, 6.45) is 2.76. The molecule has 1 aliphatic rings. The highest BCUT2D eigenvalue weighted by atomic mass is 35.5. The lowest BCUT2D eigenvalue weighted by atomic mass is 10.0. The second-order valence-corrected chi connectivity index (χ2v) is 7.32. The zero-order valence-corrected chi connectivity index (χ0v) is 15.5. The van der Waals surface area contributed by atoms with E-state index in [9.17, 15) is 4.39 Å². The van der Waals surface area contributed by atoms with Crippen LogP contribution in [0, 0.1) is 5.82 Å². The maximum absolute atomic E-state index is 14.2. The molecule has 3 aromatic rings. The predicted molar refractivity (Wildman–Crippen MR) is 104 cm³/mol. The van der Waals surface area contributed by atoms with E-state index in [-0.39, 0.29) is 5.82 Å². The van der Waals surface area contributed by atoms with Gasteiger partial charge in [0.05, 0.1) is 5.52 Å². The molecule has 2 heterocycles. The van der Waals surface area contributed by atoms with Gasteiger partial charge in [-0.15, -0.1) is 11.6 Å². The first kappa shape index (κ1) is 17.5. The number of alkyl halides is 1. The summed E-state index contributed by atoms with van der Waals surface area (Å²) < 4.78 is 16.4. The summed E-state index contributed by atoms with van der Waals surface area (Å²) in [5.41, 5.74) is 2.72. The Morgan fingerprint density at radius 1 is 1.04 bits per heavy atom. The number of aromatic nitrogens is 2. The first-order valence-electron chi connectivity index (χ1n) is 9.24. The number of imidazole rings is 1. The van der Waals surface area contributed by atoms with Crippen LogP contribution >= 0.6 is 11.6 Å². The molecule has 0 spiro atoms. The molecule has 4 rings (SSSR count). The molecule has 0 aliphatic carbocycles. The van der Waals surface area contributed by atoms with E-state index in [1.165, 1.54) is 11.6 Å². The number of hydrogen-bond acceptors (Lipinski definition) is 2. The molecule has 0 unspecified atom stereocenters. The van der Waals surface area contributed by atoms with Crippen LogP contribution in [0.2, 0.25) is 0 Å². The number of likely N-dealkylation sites (tertiary alicyclic amines) is 1. The van der Waals surface area contributed by atoms with Crippen molar-refractivity contribution in [2.45, 2.75) is 31.8 Å². The Bertz CT molecular complexity index is 870. The molecular formula is C21H23ClFN3. The fourth-order valence-corrected chi connectivity index (χ4v) is 4.15. The Hall–Kier alpha value is -1.91. The molecule has 0 radical (unpaired) electrons. The van der Waals surface area contributed by atoms with E-state index in [1.807, 2.05) is 6.07 Å². The Kier molecular flexibility index (Phi) is 5.23. The lowest BCUT2D eigenvalue weighted by Crippen LogP contribution is -2.34. The number of halogens is 2. The van der Waals surface area contributed by atoms with Gasteiger partial charge < -0.3 is 4.57 Å². The minimum absolute atomic E-state index is 0.251. The highest BCUT2D eigenvalue weighted by molar-refractivity contribution is 6.17. The van der Waals surface area contributed by atoms with Crippen LogP contribution in [-0.4, -0.2) is 33.4 Å². The van der Waals surface area contributed by atoms with Crippen LogP contribution in [0.4, 0.5) is 4.39 Å². The van der Waals surface area contributed by atoms with E-state index in [2.05, 4.69) is 44.8 Å². The van der Waals surface area contributed by atoms with Crippen molar-refractivity contribution in [1.82, 2.24) is 14.5 Å². The molecule has 0 amide bonds. The van der Waals surface area contributed by atoms with Gasteiger partial charge in [0.2, 0.25) is 0 Å². The van der Waals surface area contributed by atoms with Crippen molar-refractivity contribution in [3.05, 3.63) is 65.7 Å². The second kappa shape index (κ2) is 7.77. The molecule has 0 bridgehead atoms. The summed E-state index contributed by atoms with van der Waals surface area (Å²) >= 11 is 5.97. The molecule has 3 nitrogen and oxygen atoms in total. The summed E-state index contributed by atoms with van der Waals surface area (Å²) in [5.74, 6) is 1.15. The minimum Gasteiger partial charge on any atom is -0.325 e. The fraction of sp³-hybridized carbons (Fsp3) is 0.381. The summed E-state index contributed by atoms with van der Waals surface area (Å²) in [5, 5.41) is 0. The maximum Gasteiger partial charge on any atom is 0.151 e. The average Bonchev–Trinajstić information content (AvgIpc) is 3.03. The van der Waals surface area contributed by atoms with Crippen molar-refractivity contribution in [2.75, 3.05) is 19.0 Å². The van der Waals surface area contributed by atoms with Crippen LogP contribution in [0.5, 0.6) is 0 Å². The molecule has 26 heavy (non-hydrogen) atoms. The number of piperidine rings is 1. The van der Waals surface area contributed by atoms with Crippen molar-refractivity contribution in [3.8, 4) is 0 Å². The molecule has 1 fully saturated rings. The highest BCUT2D eigenvalue weighted by Gasteiger charge is 2.25. The molecule has 136 valence electrons. The van der Waals surface area contributed by atoms with E-state index in [4.69, 9.17) is 11.6 Å². The summed E-state index contributed by atoms with van der Waals surface area (Å²) in [6.45, 7) is 3.06. The standard InChI is InChI=1S/C21H23ClFN3/c22-12-9-20-24-21-18(23)7-4-8-19(21)26(20)17-10-13-25(14-11-17)15-16-5-2-1-3-6-16/h1-8,17H,9-15H2.